The van der Waals surface area contributed by atoms with Gasteiger partial charge in [-0.15, -0.1) is 0 Å². The van der Waals surface area contributed by atoms with Crippen molar-refractivity contribution in [2.45, 2.75) is 109 Å². The van der Waals surface area contributed by atoms with E-state index in [2.05, 4.69) is 69.0 Å². The number of thiocarbonyl (C=S) groups is 1. The fourth-order valence-corrected chi connectivity index (χ4v) is 6.34. The van der Waals surface area contributed by atoms with Crippen molar-refractivity contribution < 1.29 is 0 Å². The summed E-state index contributed by atoms with van der Waals surface area (Å²) < 4.78 is 0.475. The van der Waals surface area contributed by atoms with Crippen molar-refractivity contribution in [2.75, 3.05) is 6.54 Å². The van der Waals surface area contributed by atoms with Gasteiger partial charge in [0.2, 0.25) is 0 Å². The minimum Gasteiger partial charge on any atom is -0.363 e. The Bertz CT molecular complexity index is 473. The van der Waals surface area contributed by atoms with Gasteiger partial charge in [0.15, 0.2) is 0 Å². The normalized spacial score (nSPS) is 38.0. The number of hydrogen-bond acceptors (Lipinski definition) is 1. The van der Waals surface area contributed by atoms with Gasteiger partial charge in [-0.3, -0.25) is 0 Å². The monoisotopic (exact) mass is 491 g/mol. The molecule has 1 saturated heterocycles. The third-order valence-corrected chi connectivity index (χ3v) is 9.20. The van der Waals surface area contributed by atoms with E-state index in [1.165, 1.54) is 69.3 Å². The van der Waals surface area contributed by atoms with E-state index in [1.54, 1.807) is 0 Å². The summed E-state index contributed by atoms with van der Waals surface area (Å²) in [6.45, 7) is 15.8. The third kappa shape index (κ3) is 5.81. The molecule has 3 heteroatoms. The quantitative estimate of drug-likeness (QED) is 0.222. The van der Waals surface area contributed by atoms with Crippen LogP contribution in [-0.4, -0.2) is 25.9 Å². The van der Waals surface area contributed by atoms with E-state index in [9.17, 15) is 0 Å². The number of halogens is 1. The summed E-state index contributed by atoms with van der Waals surface area (Å²) in [7, 11) is 0. The van der Waals surface area contributed by atoms with Gasteiger partial charge in [-0.2, -0.15) is 0 Å². The smallest absolute Gasteiger partial charge is 0.0815 e. The van der Waals surface area contributed by atoms with Crippen molar-refractivity contribution in [3.8, 4) is 0 Å². The fourth-order valence-electron chi connectivity index (χ4n) is 5.08. The van der Waals surface area contributed by atoms with Crippen LogP contribution < -0.4 is 0 Å². The Kier molecular flexibility index (Phi) is 8.29. The zero-order chi connectivity index (χ0) is 19.5. The topological polar surface area (TPSA) is 3.24 Å². The molecule has 0 radical (unpaired) electrons. The molecule has 4 atom stereocenters. The number of hydrogen-bond donors (Lipinski definition) is 0. The predicted molar refractivity (Wildman–Crippen MR) is 128 cm³/mol. The van der Waals surface area contributed by atoms with Crippen molar-refractivity contribution in [1.29, 1.82) is 0 Å². The maximum absolute atomic E-state index is 6.05. The predicted octanol–water partition coefficient (Wildman–Crippen LogP) is 7.65. The van der Waals surface area contributed by atoms with Gasteiger partial charge < -0.3 is 4.90 Å². The molecule has 2 aliphatic rings. The molecule has 1 aliphatic heterocycles. The fraction of sp³-hybridized carbons (Fsp3) is 0.957. The Balaban J connectivity index is 2.23. The third-order valence-electron chi connectivity index (χ3n) is 7.59. The van der Waals surface area contributed by atoms with Gasteiger partial charge in [-0.1, -0.05) is 81.8 Å². The first-order valence-corrected chi connectivity index (χ1v) is 12.5. The van der Waals surface area contributed by atoms with Gasteiger partial charge in [0.25, 0.3) is 0 Å². The summed E-state index contributed by atoms with van der Waals surface area (Å²) in [5.41, 5.74) is 0.449. The van der Waals surface area contributed by atoms with Crippen molar-refractivity contribution in [1.82, 2.24) is 4.90 Å². The lowest BCUT2D eigenvalue weighted by atomic mass is 9.64. The first-order valence-electron chi connectivity index (χ1n) is 11.1. The second-order valence-corrected chi connectivity index (χ2v) is 13.3. The first kappa shape index (κ1) is 22.9. The molecule has 1 heterocycles. The van der Waals surface area contributed by atoms with Crippen molar-refractivity contribution in [3.05, 3.63) is 0 Å². The van der Waals surface area contributed by atoms with Crippen LogP contribution in [0.15, 0.2) is 0 Å². The minimum atomic E-state index is 0.449. The highest BCUT2D eigenvalue weighted by Crippen LogP contribution is 2.47. The molecule has 0 aromatic heterocycles. The SMILES string of the molecule is CC(C)N1CCC2CC(C)(C(C)C)CCC(C)(I)CCCCCC2C1=S. The molecular weight excluding hydrogens is 449 g/mol. The van der Waals surface area contributed by atoms with Crippen LogP contribution in [0.2, 0.25) is 0 Å². The van der Waals surface area contributed by atoms with Gasteiger partial charge in [0.05, 0.1) is 4.99 Å². The molecule has 2 fully saturated rings. The summed E-state index contributed by atoms with van der Waals surface area (Å²) in [6.07, 6.45) is 12.3. The highest BCUT2D eigenvalue weighted by molar-refractivity contribution is 14.1. The molecule has 0 N–H and O–H groups in total. The number of nitrogens with zero attached hydrogens (tertiary/aromatic N) is 1. The molecule has 0 spiro atoms. The van der Waals surface area contributed by atoms with Crippen LogP contribution in [0.25, 0.3) is 0 Å². The molecule has 0 aromatic rings. The molecule has 1 saturated carbocycles. The largest absolute Gasteiger partial charge is 0.363 e. The molecule has 4 unspecified atom stereocenters. The highest BCUT2D eigenvalue weighted by atomic mass is 127. The Morgan fingerprint density at radius 1 is 1.00 bits per heavy atom. The molecule has 0 aromatic carbocycles. The van der Waals surface area contributed by atoms with Crippen LogP contribution in [0.4, 0.5) is 0 Å². The van der Waals surface area contributed by atoms with Crippen molar-refractivity contribution >= 4 is 39.8 Å². The summed E-state index contributed by atoms with van der Waals surface area (Å²) >= 11 is 8.79. The lowest BCUT2D eigenvalue weighted by Crippen LogP contribution is -2.49. The van der Waals surface area contributed by atoms with Crippen LogP contribution in [-0.2, 0) is 0 Å². The Morgan fingerprint density at radius 3 is 2.31 bits per heavy atom. The van der Waals surface area contributed by atoms with E-state index in [1.807, 2.05) is 0 Å². The summed E-state index contributed by atoms with van der Waals surface area (Å²) in [6, 6.07) is 0.557. The van der Waals surface area contributed by atoms with Gasteiger partial charge >= 0.3 is 0 Å². The maximum atomic E-state index is 6.05. The van der Waals surface area contributed by atoms with E-state index < -0.39 is 0 Å². The second-order valence-electron chi connectivity index (χ2n) is 10.3. The number of likely N-dealkylation sites (tertiary alicyclic amines) is 1. The van der Waals surface area contributed by atoms with Crippen LogP contribution in [0.1, 0.15) is 99.3 Å². The Hall–Kier alpha value is 0.620. The van der Waals surface area contributed by atoms with Gasteiger partial charge in [0.1, 0.15) is 0 Å². The van der Waals surface area contributed by atoms with Gasteiger partial charge in [-0.25, -0.2) is 0 Å². The molecule has 1 aliphatic carbocycles. The highest BCUT2D eigenvalue weighted by Gasteiger charge is 2.40. The summed E-state index contributed by atoms with van der Waals surface area (Å²) in [5.74, 6) is 2.18. The molecule has 0 amide bonds. The zero-order valence-corrected chi connectivity index (χ0v) is 21.1. The number of piperidine rings is 1. The Labute approximate surface area is 182 Å². The van der Waals surface area contributed by atoms with Gasteiger partial charge in [-0.05, 0) is 69.6 Å². The Morgan fingerprint density at radius 2 is 1.69 bits per heavy atom. The van der Waals surface area contributed by atoms with Crippen molar-refractivity contribution in [3.63, 3.8) is 0 Å². The van der Waals surface area contributed by atoms with Crippen LogP contribution in [0.3, 0.4) is 0 Å². The molecular formula is C23H42INS. The van der Waals surface area contributed by atoms with E-state index in [0.717, 1.165) is 11.8 Å². The standard InChI is InChI=1S/C23H42INS/c1-17(2)22(5)13-14-23(6,24)12-9-7-8-10-20-19(16-22)11-15-25(18(3)4)21(20)26/h17-20H,7-16H2,1-6H3. The summed E-state index contributed by atoms with van der Waals surface area (Å²) in [4.78, 5) is 3.81. The van der Waals surface area contributed by atoms with Crippen LogP contribution in [0.5, 0.6) is 0 Å². The number of fused-ring (bicyclic) bond motifs is 1. The molecule has 2 rings (SSSR count). The lowest BCUT2D eigenvalue weighted by molar-refractivity contribution is 0.100. The van der Waals surface area contributed by atoms with E-state index in [0.29, 0.717) is 20.8 Å². The van der Waals surface area contributed by atoms with E-state index in [-0.39, 0.29) is 0 Å². The zero-order valence-electron chi connectivity index (χ0n) is 18.1. The average molecular weight is 492 g/mol. The summed E-state index contributed by atoms with van der Waals surface area (Å²) in [5, 5.41) is 0. The molecule has 1 nitrogen and oxygen atoms in total. The van der Waals surface area contributed by atoms with Crippen molar-refractivity contribution in [2.24, 2.45) is 23.2 Å². The number of rotatable bonds is 2. The maximum Gasteiger partial charge on any atom is 0.0815 e. The van der Waals surface area contributed by atoms with Crippen LogP contribution >= 0.6 is 34.8 Å². The van der Waals surface area contributed by atoms with Gasteiger partial charge in [0, 0.05) is 21.9 Å². The molecule has 0 bridgehead atoms. The van der Waals surface area contributed by atoms with Crippen LogP contribution in [0, 0.1) is 23.2 Å². The average Bonchev–Trinajstić information content (AvgIpc) is 2.53. The van der Waals surface area contributed by atoms with E-state index in [4.69, 9.17) is 12.2 Å². The molecule has 26 heavy (non-hydrogen) atoms. The lowest BCUT2D eigenvalue weighted by Gasteiger charge is -2.47. The number of alkyl halides is 1. The molecule has 152 valence electrons. The van der Waals surface area contributed by atoms with E-state index >= 15 is 0 Å². The first-order chi connectivity index (χ1) is 12.1. The minimum absolute atomic E-state index is 0.449. The second kappa shape index (κ2) is 9.41.